The van der Waals surface area contributed by atoms with Crippen LogP contribution < -0.4 is 0 Å². The molecule has 0 aromatic carbocycles. The minimum Gasteiger partial charge on any atom is -0.457 e. The van der Waals surface area contributed by atoms with E-state index in [9.17, 15) is 29.3 Å². The summed E-state index contributed by atoms with van der Waals surface area (Å²) in [5, 5.41) is 19.1. The first-order chi connectivity index (χ1) is 25.3. The van der Waals surface area contributed by atoms with Crippen LogP contribution in [0.3, 0.4) is 0 Å². The Morgan fingerprint density at radius 3 is 1.31 bits per heavy atom. The van der Waals surface area contributed by atoms with E-state index in [1.54, 1.807) is 0 Å². The van der Waals surface area contributed by atoms with Crippen molar-refractivity contribution in [3.05, 3.63) is 36.5 Å². The highest BCUT2D eigenvalue weighted by molar-refractivity contribution is 7.47. The maximum Gasteiger partial charge on any atom is 0.472 e. The Hall–Kier alpha value is -1.81. The van der Waals surface area contributed by atoms with Gasteiger partial charge in [-0.3, -0.25) is 18.6 Å². The molecule has 0 saturated heterocycles. The summed E-state index contributed by atoms with van der Waals surface area (Å²) in [6.07, 6.45) is 36.9. The molecule has 0 heterocycles. The molecule has 0 rings (SSSR count). The van der Waals surface area contributed by atoms with E-state index in [2.05, 4.69) is 50.3 Å². The van der Waals surface area contributed by atoms with Crippen LogP contribution in [0.5, 0.6) is 0 Å². The van der Waals surface area contributed by atoms with Gasteiger partial charge in [0, 0.05) is 12.8 Å². The van der Waals surface area contributed by atoms with Crippen molar-refractivity contribution in [2.75, 3.05) is 26.4 Å². The van der Waals surface area contributed by atoms with Crippen LogP contribution in [0.4, 0.5) is 0 Å². The number of esters is 2. The van der Waals surface area contributed by atoms with Crippen LogP contribution in [0.25, 0.3) is 0 Å². The fourth-order valence-corrected chi connectivity index (χ4v) is 6.27. The molecule has 0 aliphatic heterocycles. The molecule has 0 spiro atoms. The summed E-state index contributed by atoms with van der Waals surface area (Å²) < 4.78 is 32.5. The van der Waals surface area contributed by atoms with Crippen LogP contribution in [0.1, 0.15) is 174 Å². The van der Waals surface area contributed by atoms with Crippen molar-refractivity contribution in [3.63, 3.8) is 0 Å². The summed E-state index contributed by atoms with van der Waals surface area (Å²) >= 11 is 0. The third-order valence-corrected chi connectivity index (χ3v) is 9.57. The normalized spacial score (nSPS) is 14.3. The molecule has 0 aromatic rings. The van der Waals surface area contributed by atoms with Crippen LogP contribution in [-0.2, 0) is 32.7 Å². The summed E-state index contributed by atoms with van der Waals surface area (Å²) in [4.78, 5) is 34.4. The summed E-state index contributed by atoms with van der Waals surface area (Å²) in [6.45, 7) is 2.07. The van der Waals surface area contributed by atoms with E-state index >= 15 is 0 Å². The van der Waals surface area contributed by atoms with Crippen molar-refractivity contribution in [1.82, 2.24) is 0 Å². The molecule has 0 amide bonds. The van der Waals surface area contributed by atoms with Gasteiger partial charge >= 0.3 is 19.8 Å². The van der Waals surface area contributed by atoms with Crippen LogP contribution in [-0.4, -0.2) is 65.7 Å². The van der Waals surface area contributed by atoms with Gasteiger partial charge in [0.2, 0.25) is 0 Å². The maximum absolute atomic E-state index is 12.3. The number of hydrogen-bond acceptors (Lipinski definition) is 9. The Labute approximate surface area is 316 Å². The highest BCUT2D eigenvalue weighted by Gasteiger charge is 2.27. The summed E-state index contributed by atoms with van der Waals surface area (Å²) in [6, 6.07) is 0. The van der Waals surface area contributed by atoms with Crippen LogP contribution in [0.15, 0.2) is 36.5 Å². The highest BCUT2D eigenvalue weighted by Crippen LogP contribution is 2.43. The Morgan fingerprint density at radius 2 is 0.904 bits per heavy atom. The Kier molecular flexibility index (Phi) is 36.2. The third-order valence-electron chi connectivity index (χ3n) is 8.62. The first-order valence-electron chi connectivity index (χ1n) is 20.4. The topological polar surface area (TPSA) is 149 Å². The van der Waals surface area contributed by atoms with Crippen molar-refractivity contribution in [2.45, 2.75) is 187 Å². The molecule has 0 aliphatic rings. The van der Waals surface area contributed by atoms with Gasteiger partial charge in [-0.05, 0) is 44.9 Å². The second kappa shape index (κ2) is 37.5. The molecule has 0 aliphatic carbocycles. The number of phosphoric acid groups is 1. The lowest BCUT2D eigenvalue weighted by Crippen LogP contribution is -2.28. The Balaban J connectivity index is 3.97. The lowest BCUT2D eigenvalue weighted by molar-refractivity contribution is -0.153. The fraction of sp³-hybridized carbons (Fsp3) is 0.805. The van der Waals surface area contributed by atoms with E-state index < -0.39 is 58.4 Å². The molecule has 52 heavy (non-hydrogen) atoms. The first-order valence-corrected chi connectivity index (χ1v) is 21.9. The lowest BCUT2D eigenvalue weighted by Gasteiger charge is -2.20. The van der Waals surface area contributed by atoms with Gasteiger partial charge in [-0.1, -0.05) is 153 Å². The molecule has 0 saturated carbocycles. The van der Waals surface area contributed by atoms with Crippen molar-refractivity contribution in [2.24, 2.45) is 0 Å². The van der Waals surface area contributed by atoms with Gasteiger partial charge in [0.1, 0.15) is 12.2 Å². The fourth-order valence-electron chi connectivity index (χ4n) is 5.48. The zero-order chi connectivity index (χ0) is 38.4. The molecule has 10 nitrogen and oxygen atoms in total. The van der Waals surface area contributed by atoms with E-state index in [4.69, 9.17) is 18.5 Å². The molecule has 3 N–H and O–H groups in total. The smallest absolute Gasteiger partial charge is 0.457 e. The van der Waals surface area contributed by atoms with Crippen molar-refractivity contribution < 1.29 is 47.8 Å². The van der Waals surface area contributed by atoms with E-state index in [0.717, 1.165) is 70.6 Å². The second-order valence-electron chi connectivity index (χ2n) is 13.6. The van der Waals surface area contributed by atoms with Gasteiger partial charge in [0.15, 0.2) is 0 Å². The maximum atomic E-state index is 12.3. The van der Waals surface area contributed by atoms with E-state index in [-0.39, 0.29) is 12.8 Å². The van der Waals surface area contributed by atoms with E-state index in [1.807, 2.05) is 0 Å². The Morgan fingerprint density at radius 1 is 0.538 bits per heavy atom. The third kappa shape index (κ3) is 35.2. The molecular weight excluding hydrogens is 683 g/mol. The number of carbonyl (C=O) groups is 2. The second-order valence-corrected chi connectivity index (χ2v) is 15.0. The molecule has 0 fully saturated rings. The SMILES string of the molecule is CC/C=C\C/C=C\C/C=C\CCCCCCCC(=O)OC(CO)COP(=O)(O)OCC(CO)OC(=O)CCCCCCCCCCCCCCCC. The number of ether oxygens (including phenoxy) is 2. The molecule has 0 bridgehead atoms. The van der Waals surface area contributed by atoms with Crippen LogP contribution in [0, 0.1) is 0 Å². The van der Waals surface area contributed by atoms with Crippen molar-refractivity contribution >= 4 is 19.8 Å². The minimum absolute atomic E-state index is 0.173. The van der Waals surface area contributed by atoms with Gasteiger partial charge < -0.3 is 24.6 Å². The predicted octanol–water partition coefficient (Wildman–Crippen LogP) is 10.4. The highest BCUT2D eigenvalue weighted by atomic mass is 31.2. The molecule has 11 heteroatoms. The number of aliphatic hydroxyl groups excluding tert-OH is 2. The monoisotopic (exact) mass is 759 g/mol. The number of rotatable bonds is 38. The minimum atomic E-state index is -4.63. The largest absolute Gasteiger partial charge is 0.472 e. The van der Waals surface area contributed by atoms with E-state index in [0.29, 0.717) is 12.8 Å². The van der Waals surface area contributed by atoms with Gasteiger partial charge in [0.25, 0.3) is 0 Å². The van der Waals surface area contributed by atoms with Crippen molar-refractivity contribution in [1.29, 1.82) is 0 Å². The van der Waals surface area contributed by atoms with E-state index in [1.165, 1.54) is 64.2 Å². The molecular formula is C41H75O10P. The zero-order valence-corrected chi connectivity index (χ0v) is 33.7. The molecule has 0 aromatic heterocycles. The van der Waals surface area contributed by atoms with Gasteiger partial charge in [-0.25, -0.2) is 4.57 Å². The number of phosphoric ester groups is 1. The predicted molar refractivity (Wildman–Crippen MR) is 210 cm³/mol. The van der Waals surface area contributed by atoms with Crippen LogP contribution in [0.2, 0.25) is 0 Å². The first kappa shape index (κ1) is 50.2. The molecule has 3 atom stereocenters. The summed E-state index contributed by atoms with van der Waals surface area (Å²) in [5.41, 5.74) is 0. The number of unbranched alkanes of at least 4 members (excludes halogenated alkanes) is 18. The van der Waals surface area contributed by atoms with Crippen molar-refractivity contribution in [3.8, 4) is 0 Å². The average molecular weight is 759 g/mol. The van der Waals surface area contributed by atoms with Gasteiger partial charge in [-0.2, -0.15) is 0 Å². The quantitative estimate of drug-likeness (QED) is 0.0240. The molecule has 304 valence electrons. The lowest BCUT2D eigenvalue weighted by atomic mass is 10.0. The molecule has 0 radical (unpaired) electrons. The average Bonchev–Trinajstić information content (AvgIpc) is 3.13. The van der Waals surface area contributed by atoms with Gasteiger partial charge in [0.05, 0.1) is 26.4 Å². The Bertz CT molecular complexity index is 967. The number of carbonyl (C=O) groups excluding carboxylic acids is 2. The summed E-state index contributed by atoms with van der Waals surface area (Å²) in [5.74, 6) is -1.03. The number of hydrogen-bond donors (Lipinski definition) is 3. The van der Waals surface area contributed by atoms with Crippen LogP contribution >= 0.6 is 7.82 Å². The standard InChI is InChI=1S/C41H75O10P/c1-3-5-7-9-11-13-15-17-19-21-23-25-27-29-31-33-41(45)51-39(35-43)37-49-52(46,47)48-36-38(34-42)50-40(44)32-30-28-26-24-22-20-18-16-14-12-10-8-6-4-2/h5,7,11,13,17,19,38-39,42-43H,3-4,6,8-10,12,14-16,18,20-37H2,1-2H3,(H,46,47)/b7-5-,13-11-,19-17-. The zero-order valence-electron chi connectivity index (χ0n) is 32.8. The number of aliphatic hydroxyl groups is 2. The molecule has 3 unspecified atom stereocenters. The van der Waals surface area contributed by atoms with Gasteiger partial charge in [-0.15, -0.1) is 0 Å². The summed E-state index contributed by atoms with van der Waals surface area (Å²) in [7, 11) is -4.63. The number of allylic oxidation sites excluding steroid dienone is 6.